The van der Waals surface area contributed by atoms with Crippen molar-refractivity contribution in [3.63, 3.8) is 0 Å². The van der Waals surface area contributed by atoms with Crippen molar-refractivity contribution < 1.29 is 9.53 Å². The van der Waals surface area contributed by atoms with Gasteiger partial charge in [0, 0.05) is 33.3 Å². The Kier molecular flexibility index (Phi) is 6.84. The molecule has 0 saturated heterocycles. The molecule has 2 aromatic carbocycles. The van der Waals surface area contributed by atoms with E-state index < -0.39 is 11.9 Å². The van der Waals surface area contributed by atoms with Gasteiger partial charge in [0.2, 0.25) is 5.91 Å². The highest BCUT2D eigenvalue weighted by molar-refractivity contribution is 7.24. The summed E-state index contributed by atoms with van der Waals surface area (Å²) in [6.45, 7) is 7.57. The van der Waals surface area contributed by atoms with Gasteiger partial charge in [0.05, 0.1) is 7.11 Å². The van der Waals surface area contributed by atoms with Crippen LogP contribution in [-0.4, -0.2) is 44.1 Å². The van der Waals surface area contributed by atoms with Crippen molar-refractivity contribution in [3.05, 3.63) is 52.2 Å². The van der Waals surface area contributed by atoms with Crippen molar-refractivity contribution in [2.45, 2.75) is 19.9 Å². The van der Waals surface area contributed by atoms with Crippen LogP contribution in [0.3, 0.4) is 0 Å². The largest absolute Gasteiger partial charge is 0.497 e. The smallest absolute Gasteiger partial charge is 0.239 e. The fraction of sp³-hybridized carbons (Fsp3) is 0.364. The molecule has 1 aromatic heterocycles. The van der Waals surface area contributed by atoms with Gasteiger partial charge in [-0.2, -0.15) is 0 Å². The van der Waals surface area contributed by atoms with Crippen LogP contribution in [0.2, 0.25) is 0 Å². The number of rotatable bonds is 9. The number of hydrogen-bond donors (Lipinski definition) is 2. The van der Waals surface area contributed by atoms with Crippen LogP contribution in [0.4, 0.5) is 0 Å². The zero-order chi connectivity index (χ0) is 21.0. The number of ether oxygens (including phenoxy) is 1. The average molecular weight is 414 g/mol. The zero-order valence-electron chi connectivity index (χ0n) is 17.0. The minimum absolute atomic E-state index is 0.0686. The van der Waals surface area contributed by atoms with Crippen molar-refractivity contribution in [2.24, 2.45) is 5.73 Å². The van der Waals surface area contributed by atoms with Gasteiger partial charge in [-0.15, -0.1) is 11.3 Å². The van der Waals surface area contributed by atoms with Crippen LogP contribution in [0.25, 0.3) is 20.2 Å². The second kappa shape index (κ2) is 9.35. The van der Waals surface area contributed by atoms with Gasteiger partial charge in [-0.1, -0.05) is 26.0 Å². The number of nitrogens with two attached hydrogens (primary N) is 1. The number of carbonyl (C=O) groups excluding carboxylic acids is 1. The summed E-state index contributed by atoms with van der Waals surface area (Å²) in [5, 5.41) is 4.48. The molecule has 0 spiro atoms. The Labute approximate surface area is 174 Å². The molecule has 3 aromatic rings. The Morgan fingerprint density at radius 3 is 2.62 bits per heavy atom. The van der Waals surface area contributed by atoms with Crippen LogP contribution >= 0.6 is 11.3 Å². The molecular formula is C22H27N3O3S. The van der Waals surface area contributed by atoms with E-state index in [-0.39, 0.29) is 5.43 Å². The Bertz CT molecular complexity index is 1080. The quantitative estimate of drug-likeness (QED) is 0.527. The molecule has 7 heteroatoms. The molecule has 0 radical (unpaired) electrons. The highest BCUT2D eigenvalue weighted by Gasteiger charge is 2.21. The normalized spacial score (nSPS) is 12.6. The van der Waals surface area contributed by atoms with Gasteiger partial charge in [-0.05, 0) is 42.9 Å². The van der Waals surface area contributed by atoms with Gasteiger partial charge in [-0.3, -0.25) is 9.59 Å². The first-order chi connectivity index (χ1) is 14.0. The molecule has 0 aliphatic rings. The summed E-state index contributed by atoms with van der Waals surface area (Å²) in [6, 6.07) is 10.3. The second-order valence-electron chi connectivity index (χ2n) is 6.83. The van der Waals surface area contributed by atoms with Crippen LogP contribution in [0, 0.1) is 0 Å². The van der Waals surface area contributed by atoms with Gasteiger partial charge in [0.15, 0.2) is 5.43 Å². The number of nitrogens with zero attached hydrogens (tertiary/aromatic N) is 1. The molecule has 0 aliphatic heterocycles. The molecule has 29 heavy (non-hydrogen) atoms. The molecule has 0 aliphatic carbocycles. The lowest BCUT2D eigenvalue weighted by molar-refractivity contribution is -0.120. The SMILES string of the molecule is CCN(CC)CCNC(C(N)=O)c1cccc2c(=O)c3cc(OC)ccc3sc12. The number of fused-ring (bicyclic) bond motifs is 2. The molecule has 0 saturated carbocycles. The number of amides is 1. The molecule has 0 fully saturated rings. The van der Waals surface area contributed by atoms with E-state index in [1.165, 1.54) is 11.3 Å². The maximum atomic E-state index is 13.1. The van der Waals surface area contributed by atoms with E-state index in [1.54, 1.807) is 25.3 Å². The van der Waals surface area contributed by atoms with E-state index in [1.807, 2.05) is 18.2 Å². The topological polar surface area (TPSA) is 84.7 Å². The van der Waals surface area contributed by atoms with Crippen LogP contribution in [0.1, 0.15) is 25.5 Å². The highest BCUT2D eigenvalue weighted by Crippen LogP contribution is 2.32. The van der Waals surface area contributed by atoms with Crippen LogP contribution in [-0.2, 0) is 4.79 Å². The van der Waals surface area contributed by atoms with Crippen LogP contribution in [0.5, 0.6) is 5.75 Å². The summed E-state index contributed by atoms with van der Waals surface area (Å²) in [5.74, 6) is 0.192. The highest BCUT2D eigenvalue weighted by atomic mass is 32.1. The molecule has 154 valence electrons. The van der Waals surface area contributed by atoms with Crippen molar-refractivity contribution in [1.82, 2.24) is 10.2 Å². The predicted octanol–water partition coefficient (Wildman–Crippen LogP) is 2.88. The van der Waals surface area contributed by atoms with Crippen molar-refractivity contribution in [2.75, 3.05) is 33.3 Å². The minimum Gasteiger partial charge on any atom is -0.497 e. The maximum Gasteiger partial charge on any atom is 0.239 e. The van der Waals surface area contributed by atoms with E-state index in [4.69, 9.17) is 10.5 Å². The zero-order valence-corrected chi connectivity index (χ0v) is 17.8. The summed E-state index contributed by atoms with van der Waals surface area (Å²) >= 11 is 1.49. The monoisotopic (exact) mass is 413 g/mol. The molecule has 3 rings (SSSR count). The third-order valence-corrected chi connectivity index (χ3v) is 6.44. The number of carbonyl (C=O) groups is 1. The summed E-state index contributed by atoms with van der Waals surface area (Å²) in [5.41, 5.74) is 6.40. The van der Waals surface area contributed by atoms with Crippen molar-refractivity contribution >= 4 is 37.4 Å². The van der Waals surface area contributed by atoms with E-state index in [2.05, 4.69) is 24.1 Å². The lowest BCUT2D eigenvalue weighted by Crippen LogP contribution is -2.38. The molecule has 3 N–H and O–H groups in total. The Hall–Kier alpha value is -2.48. The molecule has 0 bridgehead atoms. The third kappa shape index (κ3) is 4.42. The van der Waals surface area contributed by atoms with Crippen LogP contribution in [0.15, 0.2) is 41.2 Å². The Morgan fingerprint density at radius 1 is 1.21 bits per heavy atom. The van der Waals surface area contributed by atoms with Gasteiger partial charge >= 0.3 is 0 Å². The first kappa shape index (κ1) is 21.2. The predicted molar refractivity (Wildman–Crippen MR) is 120 cm³/mol. The van der Waals surface area contributed by atoms with Crippen molar-refractivity contribution in [3.8, 4) is 5.75 Å². The lowest BCUT2D eigenvalue weighted by atomic mass is 10.0. The molecule has 1 atom stereocenters. The van der Waals surface area contributed by atoms with Gasteiger partial charge in [0.1, 0.15) is 11.8 Å². The summed E-state index contributed by atoms with van der Waals surface area (Å²) in [4.78, 5) is 27.6. The van der Waals surface area contributed by atoms with Gasteiger partial charge in [-0.25, -0.2) is 0 Å². The maximum absolute atomic E-state index is 13.1. The standard InChI is InChI=1S/C22H27N3O3S/c1-4-25(5-2)12-11-24-19(22(23)27)15-7-6-8-16-20(26)17-13-14(28-3)9-10-18(17)29-21(15)16/h6-10,13,19,24H,4-5,11-12H2,1-3H3,(H2,23,27). The summed E-state index contributed by atoms with van der Waals surface area (Å²) in [6.07, 6.45) is 0. The van der Waals surface area contributed by atoms with Gasteiger partial charge in [0.25, 0.3) is 0 Å². The first-order valence-corrected chi connectivity index (χ1v) is 10.6. The van der Waals surface area contributed by atoms with Gasteiger partial charge < -0.3 is 20.7 Å². The number of nitrogens with one attached hydrogen (secondary N) is 1. The van der Waals surface area contributed by atoms with E-state index in [0.29, 0.717) is 23.1 Å². The van der Waals surface area contributed by atoms with E-state index >= 15 is 0 Å². The van der Waals surface area contributed by atoms with Crippen LogP contribution < -0.4 is 21.2 Å². The molecule has 1 heterocycles. The number of primary amides is 1. The summed E-state index contributed by atoms with van der Waals surface area (Å²) < 4.78 is 6.89. The van der Waals surface area contributed by atoms with E-state index in [0.717, 1.165) is 34.6 Å². The molecule has 6 nitrogen and oxygen atoms in total. The molecule has 1 unspecified atom stereocenters. The number of likely N-dealkylation sites (N-methyl/N-ethyl adjacent to an activating group) is 1. The number of benzene rings is 2. The Balaban J connectivity index is 2.05. The summed E-state index contributed by atoms with van der Waals surface area (Å²) in [7, 11) is 1.58. The minimum atomic E-state index is -0.652. The van der Waals surface area contributed by atoms with Crippen molar-refractivity contribution in [1.29, 1.82) is 0 Å². The number of hydrogen-bond acceptors (Lipinski definition) is 6. The molecular weight excluding hydrogens is 386 g/mol. The lowest BCUT2D eigenvalue weighted by Gasteiger charge is -2.22. The molecule has 1 amide bonds. The fourth-order valence-corrected chi connectivity index (χ4v) is 4.70. The number of methoxy groups -OCH3 is 1. The fourth-order valence-electron chi connectivity index (χ4n) is 3.50. The Morgan fingerprint density at radius 2 is 1.97 bits per heavy atom. The second-order valence-corrected chi connectivity index (χ2v) is 7.89. The average Bonchev–Trinajstić information content (AvgIpc) is 2.73. The van der Waals surface area contributed by atoms with E-state index in [9.17, 15) is 9.59 Å². The first-order valence-electron chi connectivity index (χ1n) is 9.78. The third-order valence-electron chi connectivity index (χ3n) is 5.20.